The molecule has 2 fully saturated rings. The van der Waals surface area contributed by atoms with Crippen molar-refractivity contribution in [3.05, 3.63) is 47.8 Å². The second kappa shape index (κ2) is 6.21. The van der Waals surface area contributed by atoms with Gasteiger partial charge in [-0.3, -0.25) is 9.48 Å². The molecule has 0 radical (unpaired) electrons. The highest BCUT2D eigenvalue weighted by Gasteiger charge is 2.50. The fourth-order valence-corrected chi connectivity index (χ4v) is 5.41. The van der Waals surface area contributed by atoms with Crippen LogP contribution < -0.4 is 5.32 Å². The summed E-state index contributed by atoms with van der Waals surface area (Å²) < 4.78 is 28.8. The molecule has 1 aromatic heterocycles. The number of rotatable bonds is 4. The van der Waals surface area contributed by atoms with Crippen LogP contribution in [0.15, 0.2) is 41.6 Å². The maximum atomic E-state index is 12.8. The van der Waals surface area contributed by atoms with E-state index in [1.54, 1.807) is 34.4 Å². The SMILES string of the molecule is Cc1ccc(S(=O)(=O)N2C[C@H]3C[C@H](NC(=O)c4cnn(C)c4)[C@H]3C2)cc1. The Morgan fingerprint density at radius 3 is 2.62 bits per heavy atom. The van der Waals surface area contributed by atoms with Gasteiger partial charge in [-0.15, -0.1) is 0 Å². The smallest absolute Gasteiger partial charge is 0.254 e. The van der Waals surface area contributed by atoms with Gasteiger partial charge in [0.2, 0.25) is 10.0 Å². The molecule has 2 aliphatic rings. The topological polar surface area (TPSA) is 84.3 Å². The van der Waals surface area contributed by atoms with Gasteiger partial charge in [0.15, 0.2) is 0 Å². The van der Waals surface area contributed by atoms with E-state index in [1.165, 1.54) is 6.20 Å². The Labute approximate surface area is 153 Å². The summed E-state index contributed by atoms with van der Waals surface area (Å²) in [6.07, 6.45) is 4.03. The minimum atomic E-state index is -3.47. The first-order valence-corrected chi connectivity index (χ1v) is 10.1. The van der Waals surface area contributed by atoms with E-state index in [1.807, 2.05) is 19.1 Å². The Balaban J connectivity index is 1.42. The van der Waals surface area contributed by atoms with Crippen molar-refractivity contribution in [1.82, 2.24) is 19.4 Å². The quantitative estimate of drug-likeness (QED) is 0.871. The normalized spacial score (nSPS) is 25.5. The lowest BCUT2D eigenvalue weighted by Gasteiger charge is -2.39. The third-order valence-corrected chi connectivity index (χ3v) is 7.32. The first-order chi connectivity index (χ1) is 12.3. The number of amides is 1. The second-order valence-electron chi connectivity index (χ2n) is 7.28. The predicted octanol–water partition coefficient (Wildman–Crippen LogP) is 1.17. The fraction of sp³-hybridized carbons (Fsp3) is 0.444. The van der Waals surface area contributed by atoms with Crippen LogP contribution in [0.2, 0.25) is 0 Å². The average molecular weight is 374 g/mol. The molecule has 3 atom stereocenters. The second-order valence-corrected chi connectivity index (χ2v) is 9.22. The molecule has 0 spiro atoms. The third-order valence-electron chi connectivity index (χ3n) is 5.47. The molecule has 1 aromatic carbocycles. The lowest BCUT2D eigenvalue weighted by atomic mass is 9.71. The number of carbonyl (C=O) groups is 1. The molecular weight excluding hydrogens is 352 g/mol. The molecule has 138 valence electrons. The molecule has 7 nitrogen and oxygen atoms in total. The lowest BCUT2D eigenvalue weighted by Crippen LogP contribution is -2.51. The van der Waals surface area contributed by atoms with Crippen molar-refractivity contribution in [3.63, 3.8) is 0 Å². The molecule has 8 heteroatoms. The Morgan fingerprint density at radius 1 is 1.23 bits per heavy atom. The molecule has 0 bridgehead atoms. The van der Waals surface area contributed by atoms with Crippen molar-refractivity contribution in [2.45, 2.75) is 24.3 Å². The minimum absolute atomic E-state index is 0.0194. The van der Waals surface area contributed by atoms with Crippen LogP contribution in [0.5, 0.6) is 0 Å². The standard InChI is InChI=1S/C18H22N4O3S/c1-12-3-5-15(6-4-12)26(24,25)22-10-13-7-17(16(13)11-22)20-18(23)14-8-19-21(2)9-14/h3-6,8-9,13,16-17H,7,10-11H2,1-2H3,(H,20,23)/t13-,16+,17+/m1/s1. The van der Waals surface area contributed by atoms with Crippen LogP contribution >= 0.6 is 0 Å². The van der Waals surface area contributed by atoms with Gasteiger partial charge in [-0.05, 0) is 37.3 Å². The van der Waals surface area contributed by atoms with Crippen molar-refractivity contribution >= 4 is 15.9 Å². The third kappa shape index (κ3) is 2.93. The van der Waals surface area contributed by atoms with Crippen LogP contribution in [0.25, 0.3) is 0 Å². The molecule has 0 unspecified atom stereocenters. The number of nitrogens with one attached hydrogen (secondary N) is 1. The zero-order chi connectivity index (χ0) is 18.5. The number of benzene rings is 1. The van der Waals surface area contributed by atoms with Gasteiger partial charge in [-0.1, -0.05) is 17.7 Å². The number of hydrogen-bond acceptors (Lipinski definition) is 4. The zero-order valence-electron chi connectivity index (χ0n) is 14.8. The van der Waals surface area contributed by atoms with Crippen molar-refractivity contribution in [2.75, 3.05) is 13.1 Å². The molecular formula is C18H22N4O3S. The molecule has 2 aromatic rings. The largest absolute Gasteiger partial charge is 0.349 e. The van der Waals surface area contributed by atoms with Gasteiger partial charge in [0.25, 0.3) is 5.91 Å². The Morgan fingerprint density at radius 2 is 1.96 bits per heavy atom. The number of aryl methyl sites for hydroxylation is 2. The van der Waals surface area contributed by atoms with Crippen LogP contribution in [0.4, 0.5) is 0 Å². The fourth-order valence-electron chi connectivity index (χ4n) is 3.88. The number of carbonyl (C=O) groups excluding carboxylic acids is 1. The van der Waals surface area contributed by atoms with E-state index in [-0.39, 0.29) is 17.9 Å². The monoisotopic (exact) mass is 374 g/mol. The van der Waals surface area contributed by atoms with Gasteiger partial charge >= 0.3 is 0 Å². The molecule has 1 saturated heterocycles. The molecule has 4 rings (SSSR count). The van der Waals surface area contributed by atoms with Gasteiger partial charge in [-0.25, -0.2) is 8.42 Å². The highest BCUT2D eigenvalue weighted by Crippen LogP contribution is 2.42. The lowest BCUT2D eigenvalue weighted by molar-refractivity contribution is 0.0832. The summed E-state index contributed by atoms with van der Waals surface area (Å²) in [7, 11) is -1.71. The minimum Gasteiger partial charge on any atom is -0.349 e. The summed E-state index contributed by atoms with van der Waals surface area (Å²) in [5.74, 6) is 0.339. The molecule has 1 aliphatic carbocycles. The summed E-state index contributed by atoms with van der Waals surface area (Å²) in [5, 5.41) is 7.03. The summed E-state index contributed by atoms with van der Waals surface area (Å²) in [6, 6.07) is 6.97. The molecule has 1 amide bonds. The van der Waals surface area contributed by atoms with Crippen molar-refractivity contribution < 1.29 is 13.2 Å². The number of nitrogens with zero attached hydrogens (tertiary/aromatic N) is 3. The first kappa shape index (κ1) is 17.2. The van der Waals surface area contributed by atoms with E-state index in [0.717, 1.165) is 12.0 Å². The van der Waals surface area contributed by atoms with Crippen LogP contribution in [0.3, 0.4) is 0 Å². The van der Waals surface area contributed by atoms with E-state index >= 15 is 0 Å². The van der Waals surface area contributed by atoms with Crippen LogP contribution in [-0.4, -0.2) is 47.5 Å². The van der Waals surface area contributed by atoms with E-state index in [0.29, 0.717) is 29.5 Å². The summed E-state index contributed by atoms with van der Waals surface area (Å²) in [4.78, 5) is 12.6. The number of hydrogen-bond donors (Lipinski definition) is 1. The molecule has 1 N–H and O–H groups in total. The summed E-state index contributed by atoms with van der Waals surface area (Å²) in [5.41, 5.74) is 1.56. The van der Waals surface area contributed by atoms with E-state index in [4.69, 9.17) is 0 Å². The highest BCUT2D eigenvalue weighted by molar-refractivity contribution is 7.89. The highest BCUT2D eigenvalue weighted by atomic mass is 32.2. The number of sulfonamides is 1. The molecule has 1 saturated carbocycles. The van der Waals surface area contributed by atoms with Crippen LogP contribution in [-0.2, 0) is 17.1 Å². The van der Waals surface area contributed by atoms with Crippen molar-refractivity contribution in [1.29, 1.82) is 0 Å². The van der Waals surface area contributed by atoms with Gasteiger partial charge in [0.05, 0.1) is 16.7 Å². The van der Waals surface area contributed by atoms with Gasteiger partial charge < -0.3 is 5.32 Å². The van der Waals surface area contributed by atoms with Crippen LogP contribution in [0, 0.1) is 18.8 Å². The zero-order valence-corrected chi connectivity index (χ0v) is 15.6. The van der Waals surface area contributed by atoms with E-state index in [9.17, 15) is 13.2 Å². The molecule has 26 heavy (non-hydrogen) atoms. The van der Waals surface area contributed by atoms with Gasteiger partial charge in [-0.2, -0.15) is 9.40 Å². The van der Waals surface area contributed by atoms with Crippen molar-refractivity contribution in [3.8, 4) is 0 Å². The molecule has 1 aliphatic heterocycles. The average Bonchev–Trinajstić information content (AvgIpc) is 3.17. The first-order valence-electron chi connectivity index (χ1n) is 8.71. The van der Waals surface area contributed by atoms with E-state index < -0.39 is 10.0 Å². The molecule has 2 heterocycles. The Hall–Kier alpha value is -2.19. The predicted molar refractivity (Wildman–Crippen MR) is 96.0 cm³/mol. The Bertz CT molecular complexity index is 936. The van der Waals surface area contributed by atoms with Gasteiger partial charge in [0, 0.05) is 32.4 Å². The summed E-state index contributed by atoms with van der Waals surface area (Å²) in [6.45, 7) is 2.92. The van der Waals surface area contributed by atoms with Gasteiger partial charge in [0.1, 0.15) is 0 Å². The Kier molecular flexibility index (Phi) is 4.11. The van der Waals surface area contributed by atoms with Crippen LogP contribution in [0.1, 0.15) is 22.3 Å². The maximum absolute atomic E-state index is 12.8. The summed E-state index contributed by atoms with van der Waals surface area (Å²) >= 11 is 0. The number of fused-ring (bicyclic) bond motifs is 1. The maximum Gasteiger partial charge on any atom is 0.254 e. The number of aromatic nitrogens is 2. The van der Waals surface area contributed by atoms with E-state index in [2.05, 4.69) is 10.4 Å². The van der Waals surface area contributed by atoms with Crippen molar-refractivity contribution in [2.24, 2.45) is 18.9 Å².